The van der Waals surface area contributed by atoms with Gasteiger partial charge in [0.1, 0.15) is 0 Å². The molecule has 1 aromatic carbocycles. The van der Waals surface area contributed by atoms with E-state index < -0.39 is 0 Å². The van der Waals surface area contributed by atoms with Gasteiger partial charge in [-0.2, -0.15) is 0 Å². The van der Waals surface area contributed by atoms with Crippen LogP contribution in [0.2, 0.25) is 0 Å². The molecular formula is C15H19N3O2. The van der Waals surface area contributed by atoms with Crippen LogP contribution in [-0.4, -0.2) is 22.6 Å². The molecule has 1 N–H and O–H groups in total. The van der Waals surface area contributed by atoms with Gasteiger partial charge in [-0.3, -0.25) is 4.79 Å². The molecule has 0 bridgehead atoms. The summed E-state index contributed by atoms with van der Waals surface area (Å²) in [6, 6.07) is 7.92. The van der Waals surface area contributed by atoms with Crippen LogP contribution in [0.3, 0.4) is 0 Å². The maximum absolute atomic E-state index is 11.3. The number of carbonyl (C=O) groups excluding carboxylic acids is 1. The molecular weight excluding hydrogens is 254 g/mol. The van der Waals surface area contributed by atoms with Crippen molar-refractivity contribution in [1.29, 1.82) is 0 Å². The number of aromatic nitrogens is 2. The third-order valence-corrected chi connectivity index (χ3v) is 2.90. The fourth-order valence-electron chi connectivity index (χ4n) is 1.79. The first-order valence-corrected chi connectivity index (χ1v) is 6.85. The molecule has 0 fully saturated rings. The molecule has 1 amide bonds. The van der Waals surface area contributed by atoms with E-state index in [2.05, 4.69) is 15.5 Å². The van der Waals surface area contributed by atoms with Gasteiger partial charge in [0.15, 0.2) is 0 Å². The summed E-state index contributed by atoms with van der Waals surface area (Å²) in [6.07, 6.45) is 1.96. The zero-order valence-corrected chi connectivity index (χ0v) is 11.8. The lowest BCUT2D eigenvalue weighted by Crippen LogP contribution is -2.25. The van der Waals surface area contributed by atoms with Gasteiger partial charge in [0.25, 0.3) is 0 Å². The molecule has 2 aromatic rings. The van der Waals surface area contributed by atoms with Crippen LogP contribution in [0.5, 0.6) is 0 Å². The van der Waals surface area contributed by atoms with Gasteiger partial charge >= 0.3 is 0 Å². The molecule has 5 heteroatoms. The van der Waals surface area contributed by atoms with Crippen LogP contribution in [-0.2, 0) is 11.2 Å². The van der Waals surface area contributed by atoms with Gasteiger partial charge in [0.05, 0.1) is 0 Å². The van der Waals surface area contributed by atoms with Crippen molar-refractivity contribution in [3.63, 3.8) is 0 Å². The van der Waals surface area contributed by atoms with Gasteiger partial charge in [-0.15, -0.1) is 10.2 Å². The third kappa shape index (κ3) is 3.91. The molecule has 20 heavy (non-hydrogen) atoms. The standard InChI is InChI=1S/C15H19N3O2/c1-3-4-13(19)16-10-9-14-17-18-15(20-14)12-7-5-11(2)6-8-12/h5-8H,3-4,9-10H2,1-2H3,(H,16,19). The van der Waals surface area contributed by atoms with Gasteiger partial charge in [-0.25, -0.2) is 0 Å². The zero-order chi connectivity index (χ0) is 14.4. The Morgan fingerprint density at radius 2 is 2.00 bits per heavy atom. The van der Waals surface area contributed by atoms with Crippen molar-refractivity contribution in [2.75, 3.05) is 6.54 Å². The van der Waals surface area contributed by atoms with E-state index in [9.17, 15) is 4.79 Å². The second-order valence-electron chi connectivity index (χ2n) is 4.72. The smallest absolute Gasteiger partial charge is 0.247 e. The van der Waals surface area contributed by atoms with Crippen LogP contribution < -0.4 is 5.32 Å². The Morgan fingerprint density at radius 3 is 2.70 bits per heavy atom. The molecule has 0 radical (unpaired) electrons. The first-order valence-electron chi connectivity index (χ1n) is 6.85. The molecule has 2 rings (SSSR count). The van der Waals surface area contributed by atoms with E-state index in [1.807, 2.05) is 38.1 Å². The highest BCUT2D eigenvalue weighted by atomic mass is 16.4. The van der Waals surface area contributed by atoms with Crippen molar-refractivity contribution in [2.24, 2.45) is 0 Å². The minimum Gasteiger partial charge on any atom is -0.421 e. The fraction of sp³-hybridized carbons (Fsp3) is 0.400. The second-order valence-corrected chi connectivity index (χ2v) is 4.72. The minimum absolute atomic E-state index is 0.0609. The van der Waals surface area contributed by atoms with Crippen molar-refractivity contribution >= 4 is 5.91 Å². The summed E-state index contributed by atoms with van der Waals surface area (Å²) >= 11 is 0. The molecule has 0 aliphatic heterocycles. The maximum atomic E-state index is 11.3. The molecule has 0 saturated carbocycles. The summed E-state index contributed by atoms with van der Waals surface area (Å²) in [6.45, 7) is 4.53. The summed E-state index contributed by atoms with van der Waals surface area (Å²) in [5, 5.41) is 10.8. The number of rotatable bonds is 6. The number of benzene rings is 1. The molecule has 0 aliphatic rings. The van der Waals surface area contributed by atoms with Crippen molar-refractivity contribution in [2.45, 2.75) is 33.1 Å². The van der Waals surface area contributed by atoms with E-state index in [1.165, 1.54) is 5.56 Å². The normalized spacial score (nSPS) is 10.5. The van der Waals surface area contributed by atoms with Crippen LogP contribution in [0.4, 0.5) is 0 Å². The summed E-state index contributed by atoms with van der Waals surface area (Å²) in [7, 11) is 0. The van der Waals surface area contributed by atoms with Gasteiger partial charge in [0.2, 0.25) is 17.7 Å². The second kappa shape index (κ2) is 6.84. The van der Waals surface area contributed by atoms with Crippen molar-refractivity contribution in [3.8, 4) is 11.5 Å². The summed E-state index contributed by atoms with van der Waals surface area (Å²) < 4.78 is 5.58. The van der Waals surface area contributed by atoms with Crippen molar-refractivity contribution < 1.29 is 9.21 Å². The first kappa shape index (κ1) is 14.2. The van der Waals surface area contributed by atoms with Crippen LogP contribution in [0, 0.1) is 6.92 Å². The van der Waals surface area contributed by atoms with Crippen molar-refractivity contribution in [3.05, 3.63) is 35.7 Å². The Morgan fingerprint density at radius 1 is 1.25 bits per heavy atom. The van der Waals surface area contributed by atoms with E-state index in [-0.39, 0.29) is 5.91 Å². The number of amides is 1. The lowest BCUT2D eigenvalue weighted by Gasteiger charge is -2.01. The Hall–Kier alpha value is -2.17. The molecule has 0 unspecified atom stereocenters. The molecule has 0 spiro atoms. The van der Waals surface area contributed by atoms with E-state index in [0.29, 0.717) is 31.2 Å². The Labute approximate surface area is 118 Å². The first-order chi connectivity index (χ1) is 9.69. The molecule has 0 atom stereocenters. The topological polar surface area (TPSA) is 68.0 Å². The minimum atomic E-state index is 0.0609. The summed E-state index contributed by atoms with van der Waals surface area (Å²) in [5.74, 6) is 1.11. The largest absolute Gasteiger partial charge is 0.421 e. The van der Waals surface area contributed by atoms with Crippen molar-refractivity contribution in [1.82, 2.24) is 15.5 Å². The van der Waals surface area contributed by atoms with E-state index >= 15 is 0 Å². The molecule has 5 nitrogen and oxygen atoms in total. The van der Waals surface area contributed by atoms with E-state index in [1.54, 1.807) is 0 Å². The van der Waals surface area contributed by atoms with Gasteiger partial charge in [-0.05, 0) is 25.5 Å². The molecule has 0 aliphatic carbocycles. The molecule has 0 saturated heterocycles. The highest BCUT2D eigenvalue weighted by molar-refractivity contribution is 5.75. The highest BCUT2D eigenvalue weighted by Gasteiger charge is 2.08. The maximum Gasteiger partial charge on any atom is 0.247 e. The number of hydrogen-bond donors (Lipinski definition) is 1. The van der Waals surface area contributed by atoms with Crippen LogP contribution in [0.1, 0.15) is 31.2 Å². The number of hydrogen-bond acceptors (Lipinski definition) is 4. The number of carbonyl (C=O) groups is 1. The number of aryl methyl sites for hydroxylation is 1. The van der Waals surface area contributed by atoms with Crippen LogP contribution in [0.25, 0.3) is 11.5 Å². The fourth-order valence-corrected chi connectivity index (χ4v) is 1.79. The van der Waals surface area contributed by atoms with Gasteiger partial charge < -0.3 is 9.73 Å². The average Bonchev–Trinajstić information content (AvgIpc) is 2.89. The highest BCUT2D eigenvalue weighted by Crippen LogP contribution is 2.18. The number of nitrogens with one attached hydrogen (secondary N) is 1. The molecule has 1 aromatic heterocycles. The predicted molar refractivity (Wildman–Crippen MR) is 76.1 cm³/mol. The lowest BCUT2D eigenvalue weighted by atomic mass is 10.1. The Balaban J connectivity index is 1.89. The number of nitrogens with zero attached hydrogens (tertiary/aromatic N) is 2. The lowest BCUT2D eigenvalue weighted by molar-refractivity contribution is -0.121. The van der Waals surface area contributed by atoms with E-state index in [0.717, 1.165) is 12.0 Å². The third-order valence-electron chi connectivity index (χ3n) is 2.90. The predicted octanol–water partition coefficient (Wildman–Crippen LogP) is 2.50. The monoisotopic (exact) mass is 273 g/mol. The average molecular weight is 273 g/mol. The van der Waals surface area contributed by atoms with E-state index in [4.69, 9.17) is 4.42 Å². The van der Waals surface area contributed by atoms with Gasteiger partial charge in [-0.1, -0.05) is 24.6 Å². The molecule has 106 valence electrons. The molecule has 1 heterocycles. The SMILES string of the molecule is CCCC(=O)NCCc1nnc(-c2ccc(C)cc2)o1. The Bertz CT molecular complexity index is 561. The summed E-state index contributed by atoms with van der Waals surface area (Å²) in [4.78, 5) is 11.3. The zero-order valence-electron chi connectivity index (χ0n) is 11.8. The quantitative estimate of drug-likeness (QED) is 0.878. The van der Waals surface area contributed by atoms with Crippen LogP contribution in [0.15, 0.2) is 28.7 Å². The van der Waals surface area contributed by atoms with Gasteiger partial charge in [0, 0.05) is 24.9 Å². The summed E-state index contributed by atoms with van der Waals surface area (Å²) in [5.41, 5.74) is 2.09. The van der Waals surface area contributed by atoms with Crippen LogP contribution >= 0.6 is 0 Å². The Kier molecular flexibility index (Phi) is 4.87.